The topological polar surface area (TPSA) is 104 Å². The number of hydrogen-bond donors (Lipinski definition) is 3. The molecule has 0 aliphatic heterocycles. The van der Waals surface area contributed by atoms with Crippen LogP contribution in [0, 0.1) is 6.92 Å². The van der Waals surface area contributed by atoms with E-state index >= 15 is 0 Å². The molecule has 0 spiro atoms. The highest BCUT2D eigenvalue weighted by molar-refractivity contribution is 9.10. The number of carbonyl (C=O) groups is 2. The Hall–Kier alpha value is -3.86. The first kappa shape index (κ1) is 26.2. The highest BCUT2D eigenvalue weighted by Gasteiger charge is 2.36. The maximum atomic E-state index is 13.7. The fourth-order valence-corrected chi connectivity index (χ4v) is 4.69. The van der Waals surface area contributed by atoms with Crippen LogP contribution in [0.15, 0.2) is 63.9 Å². The molecule has 2 heterocycles. The van der Waals surface area contributed by atoms with Crippen molar-refractivity contribution in [1.82, 2.24) is 14.9 Å². The van der Waals surface area contributed by atoms with E-state index in [2.05, 4.69) is 26.2 Å². The number of carbonyl (C=O) groups excluding carboxylic acids is 1. The number of aromatic nitrogens is 2. The smallest absolute Gasteiger partial charge is 0.417 e. The van der Waals surface area contributed by atoms with Gasteiger partial charge in [0.2, 0.25) is 0 Å². The summed E-state index contributed by atoms with van der Waals surface area (Å²) in [6, 6.07) is 12.3. The highest BCUT2D eigenvalue weighted by atomic mass is 79.9. The molecule has 1 unspecified atom stereocenters. The van der Waals surface area contributed by atoms with Gasteiger partial charge in [-0.25, -0.2) is 4.79 Å². The van der Waals surface area contributed by atoms with Gasteiger partial charge in [0.25, 0.3) is 11.5 Å². The summed E-state index contributed by atoms with van der Waals surface area (Å²) in [4.78, 5) is 40.3. The van der Waals surface area contributed by atoms with Crippen molar-refractivity contribution in [1.29, 1.82) is 0 Å². The van der Waals surface area contributed by atoms with Gasteiger partial charge in [0, 0.05) is 30.1 Å². The summed E-state index contributed by atoms with van der Waals surface area (Å²) in [5.41, 5.74) is -0.794. The van der Waals surface area contributed by atoms with Crippen molar-refractivity contribution < 1.29 is 27.9 Å². The lowest BCUT2D eigenvalue weighted by atomic mass is 9.97. The Bertz CT molecular complexity index is 1570. The number of benzene rings is 2. The Morgan fingerprint density at radius 1 is 1.14 bits per heavy atom. The number of carboxylic acid groups (broad SMARTS) is 1. The number of aromatic amines is 1. The van der Waals surface area contributed by atoms with Crippen molar-refractivity contribution in [3.63, 3.8) is 0 Å². The van der Waals surface area contributed by atoms with E-state index in [1.807, 2.05) is 0 Å². The molecule has 11 heteroatoms. The van der Waals surface area contributed by atoms with Crippen molar-refractivity contribution in [3.05, 3.63) is 91.9 Å². The Labute approximate surface area is 217 Å². The third kappa shape index (κ3) is 5.17. The summed E-state index contributed by atoms with van der Waals surface area (Å²) in [6.45, 7) is 1.41. The van der Waals surface area contributed by atoms with E-state index in [0.29, 0.717) is 15.6 Å². The quantitative estimate of drug-likeness (QED) is 0.299. The average molecular weight is 576 g/mol. The molecule has 0 bridgehead atoms. The minimum absolute atomic E-state index is 0.0505. The number of para-hydroxylation sites is 1. The highest BCUT2D eigenvalue weighted by Crippen LogP contribution is 2.36. The van der Waals surface area contributed by atoms with Crippen molar-refractivity contribution in [2.24, 2.45) is 7.05 Å². The van der Waals surface area contributed by atoms with Crippen LogP contribution >= 0.6 is 15.9 Å². The maximum absolute atomic E-state index is 13.7. The third-order valence-electron chi connectivity index (χ3n) is 6.13. The summed E-state index contributed by atoms with van der Waals surface area (Å²) in [5.74, 6) is -1.92. The van der Waals surface area contributed by atoms with Gasteiger partial charge >= 0.3 is 12.1 Å². The van der Waals surface area contributed by atoms with Gasteiger partial charge in [0.15, 0.2) is 0 Å². The fourth-order valence-electron chi connectivity index (χ4n) is 4.06. The van der Waals surface area contributed by atoms with Gasteiger partial charge < -0.3 is 20.0 Å². The van der Waals surface area contributed by atoms with Crippen molar-refractivity contribution >= 4 is 38.7 Å². The molecular formula is C26H21BrF3N3O4. The van der Waals surface area contributed by atoms with Gasteiger partial charge in [-0.2, -0.15) is 13.2 Å². The summed E-state index contributed by atoms with van der Waals surface area (Å²) < 4.78 is 42.6. The standard InChI is InChI=1S/C26H21BrF3N3O4/c1-13-11-17(26(28,29)30)20(24(35)33(13)2)15-9-7-14(8-10-15)12-19(25(36)37)32-23(34)22-21(27)16-5-3-4-6-18(16)31-22/h3-11,19,31H,12H2,1-2H3,(H,32,34)(H,36,37). The number of nitrogens with zero attached hydrogens (tertiary/aromatic N) is 1. The molecule has 2 aromatic carbocycles. The van der Waals surface area contributed by atoms with E-state index in [1.165, 1.54) is 38.2 Å². The van der Waals surface area contributed by atoms with E-state index in [1.54, 1.807) is 24.3 Å². The first-order valence-electron chi connectivity index (χ1n) is 11.1. The third-order valence-corrected chi connectivity index (χ3v) is 6.95. The van der Waals surface area contributed by atoms with Gasteiger partial charge in [-0.15, -0.1) is 0 Å². The molecule has 37 heavy (non-hydrogen) atoms. The minimum atomic E-state index is -4.73. The van der Waals surface area contributed by atoms with Crippen molar-refractivity contribution in [3.8, 4) is 11.1 Å². The molecule has 0 aliphatic rings. The van der Waals surface area contributed by atoms with Crippen LogP contribution in [0.2, 0.25) is 0 Å². The summed E-state index contributed by atoms with van der Waals surface area (Å²) in [6.07, 6.45) is -4.86. The minimum Gasteiger partial charge on any atom is -0.480 e. The van der Waals surface area contributed by atoms with Crippen LogP contribution in [-0.4, -0.2) is 32.6 Å². The van der Waals surface area contributed by atoms with Gasteiger partial charge in [-0.05, 0) is 46.1 Å². The number of halogens is 4. The number of H-pyrrole nitrogens is 1. The van der Waals surface area contributed by atoms with Gasteiger partial charge in [-0.3, -0.25) is 9.59 Å². The number of alkyl halides is 3. The Kier molecular flexibility index (Phi) is 7.00. The second-order valence-electron chi connectivity index (χ2n) is 8.56. The van der Waals surface area contributed by atoms with Crippen LogP contribution in [0.1, 0.15) is 27.3 Å². The number of amides is 1. The number of hydrogen-bond acceptors (Lipinski definition) is 3. The number of carboxylic acids is 1. The Morgan fingerprint density at radius 3 is 2.38 bits per heavy atom. The number of pyridine rings is 1. The maximum Gasteiger partial charge on any atom is 0.417 e. The van der Waals surface area contributed by atoms with Crippen LogP contribution in [0.3, 0.4) is 0 Å². The zero-order chi connectivity index (χ0) is 27.1. The molecule has 0 radical (unpaired) electrons. The monoisotopic (exact) mass is 575 g/mol. The number of fused-ring (bicyclic) bond motifs is 1. The lowest BCUT2D eigenvalue weighted by Crippen LogP contribution is -2.42. The number of nitrogens with one attached hydrogen (secondary N) is 2. The van der Waals surface area contributed by atoms with Gasteiger partial charge in [0.05, 0.1) is 15.6 Å². The van der Waals surface area contributed by atoms with Crippen LogP contribution in [0.5, 0.6) is 0 Å². The lowest BCUT2D eigenvalue weighted by molar-refractivity contribution is -0.139. The number of rotatable bonds is 6. The molecule has 4 rings (SSSR count). The van der Waals surface area contributed by atoms with Gasteiger partial charge in [-0.1, -0.05) is 42.5 Å². The number of aliphatic carboxylic acids is 1. The largest absolute Gasteiger partial charge is 0.480 e. The van der Waals surface area contributed by atoms with Crippen molar-refractivity contribution in [2.45, 2.75) is 25.6 Å². The molecule has 3 N–H and O–H groups in total. The zero-order valence-electron chi connectivity index (χ0n) is 19.6. The molecule has 0 aliphatic carbocycles. The van der Waals surface area contributed by atoms with Crippen LogP contribution < -0.4 is 10.9 Å². The first-order chi connectivity index (χ1) is 17.4. The lowest BCUT2D eigenvalue weighted by Gasteiger charge is -2.17. The van der Waals surface area contributed by atoms with Crippen molar-refractivity contribution in [2.75, 3.05) is 0 Å². The summed E-state index contributed by atoms with van der Waals surface area (Å²) in [7, 11) is 1.39. The molecule has 1 atom stereocenters. The molecule has 0 saturated carbocycles. The SMILES string of the molecule is Cc1cc(C(F)(F)F)c(-c2ccc(CC(NC(=O)c3[nH]c4ccccc4c3Br)C(=O)O)cc2)c(=O)n1C. The molecule has 0 saturated heterocycles. The second-order valence-corrected chi connectivity index (χ2v) is 9.35. The fraction of sp³-hybridized carbons (Fsp3) is 0.192. The van der Waals surface area contributed by atoms with E-state index < -0.39 is 40.8 Å². The van der Waals surface area contributed by atoms with Crippen LogP contribution in [-0.2, 0) is 24.4 Å². The molecule has 2 aromatic heterocycles. The normalized spacial score (nSPS) is 12.5. The molecule has 7 nitrogen and oxygen atoms in total. The molecule has 4 aromatic rings. The molecular weight excluding hydrogens is 555 g/mol. The predicted octanol–water partition coefficient (Wildman–Crippen LogP) is 5.05. The Morgan fingerprint density at radius 2 is 1.78 bits per heavy atom. The first-order valence-corrected chi connectivity index (χ1v) is 11.8. The van der Waals surface area contributed by atoms with E-state index in [-0.39, 0.29) is 23.4 Å². The second kappa shape index (κ2) is 9.89. The predicted molar refractivity (Wildman–Crippen MR) is 135 cm³/mol. The van der Waals surface area contributed by atoms with Gasteiger partial charge in [0.1, 0.15) is 11.7 Å². The zero-order valence-corrected chi connectivity index (χ0v) is 21.2. The Balaban J connectivity index is 1.60. The van der Waals surface area contributed by atoms with E-state index in [9.17, 15) is 32.7 Å². The van der Waals surface area contributed by atoms with Crippen LogP contribution in [0.25, 0.3) is 22.0 Å². The van der Waals surface area contributed by atoms with Crippen LogP contribution in [0.4, 0.5) is 13.2 Å². The summed E-state index contributed by atoms with van der Waals surface area (Å²) in [5, 5.41) is 12.9. The average Bonchev–Trinajstić information content (AvgIpc) is 3.18. The summed E-state index contributed by atoms with van der Waals surface area (Å²) >= 11 is 3.36. The molecule has 192 valence electrons. The van der Waals surface area contributed by atoms with E-state index in [4.69, 9.17) is 0 Å². The van der Waals surface area contributed by atoms with E-state index in [0.717, 1.165) is 16.0 Å². The molecule has 1 amide bonds. The molecule has 0 fully saturated rings. The number of aryl methyl sites for hydroxylation is 1.